The summed E-state index contributed by atoms with van der Waals surface area (Å²) in [6, 6.07) is 15.5. The summed E-state index contributed by atoms with van der Waals surface area (Å²) in [5.74, 6) is 0.347. The van der Waals surface area contributed by atoms with Crippen LogP contribution in [0.15, 0.2) is 48.5 Å². The van der Waals surface area contributed by atoms with Crippen LogP contribution in [0.25, 0.3) is 0 Å². The van der Waals surface area contributed by atoms with E-state index in [1.165, 1.54) is 11.1 Å². The fraction of sp³-hybridized carbons (Fsp3) is 0.316. The van der Waals surface area contributed by atoms with Gasteiger partial charge in [-0.25, -0.2) is 0 Å². The first-order chi connectivity index (χ1) is 11.2. The van der Waals surface area contributed by atoms with E-state index in [0.29, 0.717) is 31.2 Å². The molecule has 1 heterocycles. The zero-order chi connectivity index (χ0) is 15.9. The van der Waals surface area contributed by atoms with Gasteiger partial charge in [0.05, 0.1) is 13.2 Å². The molecule has 1 aliphatic carbocycles. The maximum Gasteiger partial charge on any atom is 0.251 e. The molecule has 23 heavy (non-hydrogen) atoms. The molecule has 118 valence electrons. The highest BCUT2D eigenvalue weighted by Crippen LogP contribution is 2.34. The Morgan fingerprint density at radius 3 is 2.57 bits per heavy atom. The van der Waals surface area contributed by atoms with Crippen molar-refractivity contribution in [2.75, 3.05) is 19.8 Å². The topological polar surface area (TPSA) is 58.6 Å². The first-order valence-electron chi connectivity index (χ1n) is 7.92. The van der Waals surface area contributed by atoms with Crippen LogP contribution in [0.5, 0.6) is 0 Å². The van der Waals surface area contributed by atoms with Crippen LogP contribution in [-0.4, -0.2) is 30.8 Å². The van der Waals surface area contributed by atoms with Gasteiger partial charge in [-0.2, -0.15) is 0 Å². The minimum atomic E-state index is -0.884. The van der Waals surface area contributed by atoms with Gasteiger partial charge in [-0.3, -0.25) is 4.79 Å². The molecule has 1 saturated heterocycles. The van der Waals surface area contributed by atoms with E-state index in [9.17, 15) is 9.90 Å². The molecule has 1 fully saturated rings. The molecule has 2 N–H and O–H groups in total. The average molecular weight is 309 g/mol. The van der Waals surface area contributed by atoms with Crippen molar-refractivity contribution in [2.45, 2.75) is 17.9 Å². The number of rotatable bonds is 4. The van der Waals surface area contributed by atoms with Crippen molar-refractivity contribution in [3.8, 4) is 0 Å². The number of nitrogens with one attached hydrogen (secondary N) is 1. The summed E-state index contributed by atoms with van der Waals surface area (Å²) in [4.78, 5) is 12.2. The van der Waals surface area contributed by atoms with Crippen LogP contribution in [0.2, 0.25) is 0 Å². The maximum atomic E-state index is 12.2. The summed E-state index contributed by atoms with van der Waals surface area (Å²) in [6.45, 7) is 1.30. The van der Waals surface area contributed by atoms with Gasteiger partial charge in [-0.15, -0.1) is 0 Å². The second-order valence-corrected chi connectivity index (χ2v) is 6.41. The SMILES string of the molecule is O=C(NCC1Cc2ccccc21)c1ccc(C2(O)COC2)cc1. The van der Waals surface area contributed by atoms with E-state index in [0.717, 1.165) is 12.0 Å². The van der Waals surface area contributed by atoms with Crippen molar-refractivity contribution in [3.63, 3.8) is 0 Å². The number of amides is 1. The number of hydrogen-bond acceptors (Lipinski definition) is 3. The fourth-order valence-electron chi connectivity index (χ4n) is 3.26. The third-order valence-electron chi connectivity index (χ3n) is 4.84. The van der Waals surface area contributed by atoms with Gasteiger partial charge in [0.2, 0.25) is 0 Å². The molecule has 2 aliphatic rings. The van der Waals surface area contributed by atoms with Crippen LogP contribution in [0.4, 0.5) is 0 Å². The third-order valence-corrected chi connectivity index (χ3v) is 4.84. The van der Waals surface area contributed by atoms with Gasteiger partial charge in [0, 0.05) is 18.0 Å². The van der Waals surface area contributed by atoms with Gasteiger partial charge in [-0.05, 0) is 35.2 Å². The van der Waals surface area contributed by atoms with Gasteiger partial charge < -0.3 is 15.2 Å². The molecule has 2 aromatic rings. The molecule has 4 heteroatoms. The van der Waals surface area contributed by atoms with Crippen LogP contribution in [0, 0.1) is 0 Å². The largest absolute Gasteiger partial charge is 0.380 e. The molecule has 1 aliphatic heterocycles. The van der Waals surface area contributed by atoms with Crippen molar-refractivity contribution in [3.05, 3.63) is 70.8 Å². The van der Waals surface area contributed by atoms with E-state index in [1.54, 1.807) is 24.3 Å². The van der Waals surface area contributed by atoms with Gasteiger partial charge in [-0.1, -0.05) is 36.4 Å². The summed E-state index contributed by atoms with van der Waals surface area (Å²) in [5, 5.41) is 13.2. The molecular formula is C19H19NO3. The molecule has 4 rings (SSSR count). The lowest BCUT2D eigenvalue weighted by Crippen LogP contribution is -2.46. The maximum absolute atomic E-state index is 12.2. The lowest BCUT2D eigenvalue weighted by Gasteiger charge is -2.36. The highest BCUT2D eigenvalue weighted by Gasteiger charge is 2.37. The number of carbonyl (C=O) groups is 1. The van der Waals surface area contributed by atoms with Crippen molar-refractivity contribution >= 4 is 5.91 Å². The fourth-order valence-corrected chi connectivity index (χ4v) is 3.26. The normalized spacial score (nSPS) is 20.8. The lowest BCUT2D eigenvalue weighted by atomic mass is 9.77. The quantitative estimate of drug-likeness (QED) is 0.908. The number of carbonyl (C=O) groups excluding carboxylic acids is 1. The first-order valence-corrected chi connectivity index (χ1v) is 7.92. The highest BCUT2D eigenvalue weighted by atomic mass is 16.5. The van der Waals surface area contributed by atoms with Gasteiger partial charge >= 0.3 is 0 Å². The Morgan fingerprint density at radius 1 is 1.17 bits per heavy atom. The van der Waals surface area contributed by atoms with E-state index < -0.39 is 5.60 Å². The van der Waals surface area contributed by atoms with Crippen LogP contribution in [0.3, 0.4) is 0 Å². The molecule has 0 radical (unpaired) electrons. The molecule has 0 saturated carbocycles. The Balaban J connectivity index is 1.36. The summed E-state index contributed by atoms with van der Waals surface area (Å²) < 4.78 is 5.05. The zero-order valence-electron chi connectivity index (χ0n) is 12.8. The van der Waals surface area contributed by atoms with E-state index in [2.05, 4.69) is 23.5 Å². The second kappa shape index (κ2) is 5.48. The van der Waals surface area contributed by atoms with Crippen molar-refractivity contribution < 1.29 is 14.6 Å². The van der Waals surface area contributed by atoms with Crippen LogP contribution >= 0.6 is 0 Å². The number of ether oxygens (including phenoxy) is 1. The molecule has 0 aromatic heterocycles. The zero-order valence-corrected chi connectivity index (χ0v) is 12.8. The Bertz CT molecular complexity index is 735. The molecule has 0 bridgehead atoms. The Kier molecular flexibility index (Phi) is 3.43. The van der Waals surface area contributed by atoms with Crippen molar-refractivity contribution in [2.24, 2.45) is 0 Å². The molecular weight excluding hydrogens is 290 g/mol. The van der Waals surface area contributed by atoms with Crippen LogP contribution in [0.1, 0.15) is 33.0 Å². The van der Waals surface area contributed by atoms with Gasteiger partial charge in [0.15, 0.2) is 0 Å². The molecule has 1 atom stereocenters. The van der Waals surface area contributed by atoms with Crippen molar-refractivity contribution in [1.82, 2.24) is 5.32 Å². The summed E-state index contributed by atoms with van der Waals surface area (Å²) in [5.41, 5.74) is 3.26. The standard InChI is InChI=1S/C19H19NO3/c21-18(20-10-15-9-14-3-1-2-4-17(14)15)13-5-7-16(8-6-13)19(22)11-23-12-19/h1-8,15,22H,9-12H2,(H,20,21). The molecule has 4 nitrogen and oxygen atoms in total. The number of benzene rings is 2. The molecule has 2 aromatic carbocycles. The predicted octanol–water partition coefficient (Wildman–Crippen LogP) is 1.97. The van der Waals surface area contributed by atoms with Crippen molar-refractivity contribution in [1.29, 1.82) is 0 Å². The minimum absolute atomic E-state index is 0.0715. The lowest BCUT2D eigenvalue weighted by molar-refractivity contribution is -0.184. The smallest absolute Gasteiger partial charge is 0.251 e. The van der Waals surface area contributed by atoms with E-state index in [1.807, 2.05) is 6.07 Å². The number of aliphatic hydroxyl groups is 1. The number of hydrogen-bond donors (Lipinski definition) is 2. The average Bonchev–Trinajstić information content (AvgIpc) is 2.53. The molecule has 1 unspecified atom stereocenters. The van der Waals surface area contributed by atoms with Crippen LogP contribution < -0.4 is 5.32 Å². The van der Waals surface area contributed by atoms with E-state index >= 15 is 0 Å². The van der Waals surface area contributed by atoms with Gasteiger partial charge in [0.25, 0.3) is 5.91 Å². The third kappa shape index (κ3) is 2.54. The summed E-state index contributed by atoms with van der Waals surface area (Å²) in [6.07, 6.45) is 1.03. The molecule has 0 spiro atoms. The first kappa shape index (κ1) is 14.4. The van der Waals surface area contributed by atoms with Gasteiger partial charge in [0.1, 0.15) is 5.60 Å². The summed E-state index contributed by atoms with van der Waals surface area (Å²) in [7, 11) is 0. The van der Waals surface area contributed by atoms with Crippen LogP contribution in [-0.2, 0) is 16.8 Å². The summed E-state index contributed by atoms with van der Waals surface area (Å²) >= 11 is 0. The van der Waals surface area contributed by atoms with E-state index in [-0.39, 0.29) is 5.91 Å². The predicted molar refractivity (Wildman–Crippen MR) is 86.4 cm³/mol. The van der Waals surface area contributed by atoms with E-state index in [4.69, 9.17) is 4.74 Å². The number of fused-ring (bicyclic) bond motifs is 1. The Hall–Kier alpha value is -2.17. The second-order valence-electron chi connectivity index (χ2n) is 6.41. The molecule has 1 amide bonds. The monoisotopic (exact) mass is 309 g/mol. The Labute approximate surface area is 135 Å². The highest BCUT2D eigenvalue weighted by molar-refractivity contribution is 5.94. The Morgan fingerprint density at radius 2 is 1.91 bits per heavy atom. The minimum Gasteiger partial charge on any atom is -0.380 e.